The minimum Gasteiger partial charge on any atom is -0.354 e. The van der Waals surface area contributed by atoms with E-state index in [1.165, 1.54) is 11.1 Å². The van der Waals surface area contributed by atoms with Gasteiger partial charge in [-0.25, -0.2) is 4.98 Å². The van der Waals surface area contributed by atoms with Gasteiger partial charge >= 0.3 is 0 Å². The number of aryl methyl sites for hydroxylation is 2. The van der Waals surface area contributed by atoms with Crippen molar-refractivity contribution in [2.75, 3.05) is 31.1 Å². The third-order valence-corrected chi connectivity index (χ3v) is 6.63. The van der Waals surface area contributed by atoms with E-state index in [1.807, 2.05) is 12.1 Å². The van der Waals surface area contributed by atoms with E-state index in [0.717, 1.165) is 79.0 Å². The number of halogens is 1. The second-order valence-electron chi connectivity index (χ2n) is 8.81. The fourth-order valence-corrected chi connectivity index (χ4v) is 4.82. The maximum atomic E-state index is 6.04. The zero-order valence-corrected chi connectivity index (χ0v) is 20.1. The van der Waals surface area contributed by atoms with Crippen LogP contribution in [-0.4, -0.2) is 45.7 Å². The van der Waals surface area contributed by atoms with Gasteiger partial charge in [0.15, 0.2) is 5.65 Å². The molecule has 4 aromatic rings. The number of benzene rings is 2. The molecule has 1 saturated heterocycles. The summed E-state index contributed by atoms with van der Waals surface area (Å²) in [5, 5.41) is 5.74. The number of anilines is 1. The standard InChI is InChI=1S/C27H30ClN5/c1-3-7-24-18-25(32-16-14-31(15-17-32)19-21-10-12-23(28)13-11-21)33-27(29-24)26(20(2)30-33)22-8-5-4-6-9-22/h4-6,8-13,18H,3,7,14-17,19H2,1-2H3. The molecule has 0 saturated carbocycles. The van der Waals surface area contributed by atoms with Crippen LogP contribution in [0.15, 0.2) is 60.7 Å². The van der Waals surface area contributed by atoms with Crippen LogP contribution in [0.2, 0.25) is 5.02 Å². The van der Waals surface area contributed by atoms with Crippen LogP contribution >= 0.6 is 11.6 Å². The fourth-order valence-electron chi connectivity index (χ4n) is 4.69. The fraction of sp³-hybridized carbons (Fsp3) is 0.333. The van der Waals surface area contributed by atoms with Crippen molar-refractivity contribution < 1.29 is 0 Å². The van der Waals surface area contributed by atoms with Gasteiger partial charge in [-0.05, 0) is 36.6 Å². The molecule has 33 heavy (non-hydrogen) atoms. The van der Waals surface area contributed by atoms with E-state index < -0.39 is 0 Å². The first-order chi connectivity index (χ1) is 16.1. The number of aromatic nitrogens is 3. The molecule has 1 aliphatic rings. The topological polar surface area (TPSA) is 36.7 Å². The van der Waals surface area contributed by atoms with E-state index in [0.29, 0.717) is 0 Å². The molecule has 1 fully saturated rings. The van der Waals surface area contributed by atoms with Crippen molar-refractivity contribution in [3.8, 4) is 11.1 Å². The van der Waals surface area contributed by atoms with Crippen molar-refractivity contribution in [1.82, 2.24) is 19.5 Å². The quantitative estimate of drug-likeness (QED) is 0.374. The van der Waals surface area contributed by atoms with Crippen LogP contribution in [0.25, 0.3) is 16.8 Å². The zero-order chi connectivity index (χ0) is 22.8. The lowest BCUT2D eigenvalue weighted by molar-refractivity contribution is 0.249. The summed E-state index contributed by atoms with van der Waals surface area (Å²) in [6, 6.07) is 20.9. The summed E-state index contributed by atoms with van der Waals surface area (Å²) in [4.78, 5) is 10.0. The van der Waals surface area contributed by atoms with Crippen molar-refractivity contribution in [2.45, 2.75) is 33.2 Å². The van der Waals surface area contributed by atoms with Gasteiger partial charge in [-0.2, -0.15) is 9.61 Å². The van der Waals surface area contributed by atoms with Crippen LogP contribution in [0.5, 0.6) is 0 Å². The molecule has 0 N–H and O–H groups in total. The second-order valence-corrected chi connectivity index (χ2v) is 9.24. The molecular formula is C27H30ClN5. The van der Waals surface area contributed by atoms with Crippen LogP contribution in [0.3, 0.4) is 0 Å². The normalized spacial score (nSPS) is 14.8. The Balaban J connectivity index is 1.43. The lowest BCUT2D eigenvalue weighted by Gasteiger charge is -2.36. The van der Waals surface area contributed by atoms with Gasteiger partial charge < -0.3 is 4.90 Å². The molecule has 0 aliphatic carbocycles. The Morgan fingerprint density at radius 3 is 2.36 bits per heavy atom. The Labute approximate surface area is 200 Å². The smallest absolute Gasteiger partial charge is 0.165 e. The molecule has 1 aliphatic heterocycles. The Hall–Kier alpha value is -2.89. The van der Waals surface area contributed by atoms with Gasteiger partial charge in [0.1, 0.15) is 5.82 Å². The SMILES string of the molecule is CCCc1cc(N2CCN(Cc3ccc(Cl)cc3)CC2)n2nc(C)c(-c3ccccc3)c2n1. The van der Waals surface area contributed by atoms with E-state index in [4.69, 9.17) is 21.7 Å². The zero-order valence-electron chi connectivity index (χ0n) is 19.3. The van der Waals surface area contributed by atoms with Gasteiger partial charge in [0.25, 0.3) is 0 Å². The molecular weight excluding hydrogens is 430 g/mol. The number of nitrogens with zero attached hydrogens (tertiary/aromatic N) is 5. The Morgan fingerprint density at radius 2 is 1.67 bits per heavy atom. The van der Waals surface area contributed by atoms with Crippen molar-refractivity contribution in [1.29, 1.82) is 0 Å². The van der Waals surface area contributed by atoms with E-state index in [2.05, 4.69) is 76.7 Å². The Kier molecular flexibility index (Phi) is 6.34. The minimum absolute atomic E-state index is 0.789. The molecule has 5 nitrogen and oxygen atoms in total. The molecule has 0 radical (unpaired) electrons. The second kappa shape index (κ2) is 9.54. The van der Waals surface area contributed by atoms with Crippen molar-refractivity contribution in [3.63, 3.8) is 0 Å². The molecule has 0 bridgehead atoms. The number of fused-ring (bicyclic) bond motifs is 1. The first-order valence-corrected chi connectivity index (χ1v) is 12.2. The number of hydrogen-bond acceptors (Lipinski definition) is 4. The summed E-state index contributed by atoms with van der Waals surface area (Å²) in [7, 11) is 0. The van der Waals surface area contributed by atoms with Crippen LogP contribution in [-0.2, 0) is 13.0 Å². The average molecular weight is 460 g/mol. The molecule has 3 heterocycles. The molecule has 0 amide bonds. The molecule has 6 heteroatoms. The monoisotopic (exact) mass is 459 g/mol. The predicted molar refractivity (Wildman–Crippen MR) is 136 cm³/mol. The molecule has 0 spiro atoms. The van der Waals surface area contributed by atoms with Gasteiger partial charge in [0.05, 0.1) is 5.69 Å². The van der Waals surface area contributed by atoms with Crippen LogP contribution < -0.4 is 4.90 Å². The van der Waals surface area contributed by atoms with Crippen molar-refractivity contribution >= 4 is 23.1 Å². The maximum absolute atomic E-state index is 6.04. The molecule has 0 unspecified atom stereocenters. The molecule has 2 aromatic heterocycles. The van der Waals surface area contributed by atoms with E-state index in [9.17, 15) is 0 Å². The highest BCUT2D eigenvalue weighted by Gasteiger charge is 2.23. The highest BCUT2D eigenvalue weighted by Crippen LogP contribution is 2.31. The number of hydrogen-bond donors (Lipinski definition) is 0. The molecule has 170 valence electrons. The highest BCUT2D eigenvalue weighted by molar-refractivity contribution is 6.30. The third-order valence-electron chi connectivity index (χ3n) is 6.38. The lowest BCUT2D eigenvalue weighted by atomic mass is 10.1. The summed E-state index contributed by atoms with van der Waals surface area (Å²) in [6.45, 7) is 9.22. The Morgan fingerprint density at radius 1 is 0.939 bits per heavy atom. The van der Waals surface area contributed by atoms with Gasteiger partial charge in [0.2, 0.25) is 0 Å². The third kappa shape index (κ3) is 4.61. The van der Waals surface area contributed by atoms with E-state index in [1.54, 1.807) is 0 Å². The van der Waals surface area contributed by atoms with Gasteiger partial charge in [-0.1, -0.05) is 67.4 Å². The first-order valence-electron chi connectivity index (χ1n) is 11.8. The number of piperazine rings is 1. The largest absolute Gasteiger partial charge is 0.354 e. The lowest BCUT2D eigenvalue weighted by Crippen LogP contribution is -2.46. The minimum atomic E-state index is 0.789. The van der Waals surface area contributed by atoms with Crippen molar-refractivity contribution in [2.24, 2.45) is 0 Å². The Bertz CT molecular complexity index is 1230. The van der Waals surface area contributed by atoms with Crippen molar-refractivity contribution in [3.05, 3.63) is 82.6 Å². The van der Waals surface area contributed by atoms with Gasteiger partial charge in [0, 0.05) is 55.1 Å². The average Bonchev–Trinajstić information content (AvgIpc) is 3.17. The molecule has 0 atom stereocenters. The predicted octanol–water partition coefficient (Wildman–Crippen LogP) is 5.63. The maximum Gasteiger partial charge on any atom is 0.165 e. The van der Waals surface area contributed by atoms with E-state index in [-0.39, 0.29) is 0 Å². The van der Waals surface area contributed by atoms with Crippen LogP contribution in [0.4, 0.5) is 5.82 Å². The summed E-state index contributed by atoms with van der Waals surface area (Å²) in [5.74, 6) is 1.15. The van der Waals surface area contributed by atoms with Crippen LogP contribution in [0, 0.1) is 6.92 Å². The van der Waals surface area contributed by atoms with E-state index >= 15 is 0 Å². The van der Waals surface area contributed by atoms with Crippen LogP contribution in [0.1, 0.15) is 30.3 Å². The summed E-state index contributed by atoms with van der Waals surface area (Å²) >= 11 is 6.04. The number of rotatable bonds is 6. The summed E-state index contributed by atoms with van der Waals surface area (Å²) < 4.78 is 2.06. The van der Waals surface area contributed by atoms with Gasteiger partial charge in [-0.15, -0.1) is 0 Å². The summed E-state index contributed by atoms with van der Waals surface area (Å²) in [6.07, 6.45) is 2.05. The summed E-state index contributed by atoms with van der Waals surface area (Å²) in [5.41, 5.74) is 6.73. The first kappa shape index (κ1) is 21.9. The highest BCUT2D eigenvalue weighted by atomic mass is 35.5. The molecule has 5 rings (SSSR count). The molecule has 2 aromatic carbocycles. The van der Waals surface area contributed by atoms with Gasteiger partial charge in [-0.3, -0.25) is 4.90 Å².